The van der Waals surface area contributed by atoms with Crippen LogP contribution in [0.2, 0.25) is 25.7 Å². The quantitative estimate of drug-likeness (QED) is 0.387. The normalized spacial score (nSPS) is 13.7. The number of benzene rings is 1. The lowest BCUT2D eigenvalue weighted by Crippen LogP contribution is -2.30. The van der Waals surface area contributed by atoms with E-state index in [2.05, 4.69) is 25.7 Å². The van der Waals surface area contributed by atoms with Crippen molar-refractivity contribution in [2.24, 2.45) is 0 Å². The van der Waals surface area contributed by atoms with Crippen LogP contribution < -0.4 is 0 Å². The fraction of sp³-hybridized carbons (Fsp3) is 0.350. The minimum atomic E-state index is -1.18. The summed E-state index contributed by atoms with van der Waals surface area (Å²) < 4.78 is 7.51. The van der Waals surface area contributed by atoms with E-state index in [-0.39, 0.29) is 13.3 Å². The summed E-state index contributed by atoms with van der Waals surface area (Å²) in [6.45, 7) is 7.68. The molecule has 2 heterocycles. The molecular formula is C20H23N3O4Si. The van der Waals surface area contributed by atoms with Gasteiger partial charge in [0.15, 0.2) is 0 Å². The molecule has 0 saturated carbocycles. The van der Waals surface area contributed by atoms with Crippen LogP contribution in [0.5, 0.6) is 0 Å². The number of hydroxylamine groups is 2. The molecule has 2 aromatic rings. The zero-order valence-corrected chi connectivity index (χ0v) is 17.3. The van der Waals surface area contributed by atoms with Crippen molar-refractivity contribution in [2.45, 2.75) is 39.0 Å². The van der Waals surface area contributed by atoms with E-state index in [0.29, 0.717) is 29.0 Å². The Labute approximate surface area is 165 Å². The second kappa shape index (κ2) is 8.10. The average Bonchev–Trinajstić information content (AvgIpc) is 3.16. The zero-order chi connectivity index (χ0) is 20.3. The van der Waals surface area contributed by atoms with Gasteiger partial charge in [-0.15, -0.1) is 5.06 Å². The molecular weight excluding hydrogens is 374 g/mol. The number of fused-ring (bicyclic) bond motifs is 1. The number of ether oxygens (including phenoxy) is 1. The fourth-order valence-corrected chi connectivity index (χ4v) is 3.60. The van der Waals surface area contributed by atoms with Gasteiger partial charge in [0, 0.05) is 20.9 Å². The smallest absolute Gasteiger partial charge is 0.285 e. The predicted octanol–water partition coefficient (Wildman–Crippen LogP) is 3.40. The molecule has 146 valence electrons. The van der Waals surface area contributed by atoms with Gasteiger partial charge in [-0.2, -0.15) is 5.26 Å². The van der Waals surface area contributed by atoms with E-state index in [4.69, 9.17) is 9.57 Å². The number of carbonyl (C=O) groups excluding carboxylic acids is 2. The van der Waals surface area contributed by atoms with Gasteiger partial charge in [-0.3, -0.25) is 14.4 Å². The highest BCUT2D eigenvalue weighted by Gasteiger charge is 2.36. The summed E-state index contributed by atoms with van der Waals surface area (Å²) in [5.41, 5.74) is 1.62. The molecule has 3 rings (SSSR count). The molecule has 28 heavy (non-hydrogen) atoms. The third-order valence-electron chi connectivity index (χ3n) is 4.51. The Kier molecular flexibility index (Phi) is 5.79. The Morgan fingerprint density at radius 1 is 1.07 bits per heavy atom. The Hall–Kier alpha value is -2.73. The first-order chi connectivity index (χ1) is 13.3. The van der Waals surface area contributed by atoms with Gasteiger partial charge in [0.05, 0.1) is 22.4 Å². The van der Waals surface area contributed by atoms with Gasteiger partial charge < -0.3 is 9.30 Å². The second-order valence-electron chi connectivity index (χ2n) is 7.83. The van der Waals surface area contributed by atoms with Crippen molar-refractivity contribution < 1.29 is 19.2 Å². The van der Waals surface area contributed by atoms with E-state index in [9.17, 15) is 14.9 Å². The largest absolute Gasteiger partial charge is 0.361 e. The van der Waals surface area contributed by atoms with E-state index in [1.807, 2.05) is 0 Å². The lowest BCUT2D eigenvalue weighted by atomic mass is 10.1. The molecule has 0 N–H and O–H groups in total. The number of hydrogen-bond acceptors (Lipinski definition) is 5. The van der Waals surface area contributed by atoms with Gasteiger partial charge in [-0.1, -0.05) is 31.8 Å². The molecule has 0 aliphatic carbocycles. The first-order valence-corrected chi connectivity index (χ1v) is 12.8. The van der Waals surface area contributed by atoms with Crippen molar-refractivity contribution in [1.29, 1.82) is 5.26 Å². The number of nitriles is 1. The number of nitrogens with zero attached hydrogens (tertiary/aromatic N) is 3. The highest BCUT2D eigenvalue weighted by atomic mass is 28.3. The summed E-state index contributed by atoms with van der Waals surface area (Å²) in [4.78, 5) is 30.3. The van der Waals surface area contributed by atoms with Crippen LogP contribution in [-0.2, 0) is 22.9 Å². The van der Waals surface area contributed by atoms with Gasteiger partial charge >= 0.3 is 0 Å². The van der Waals surface area contributed by atoms with Crippen LogP contribution in [0.15, 0.2) is 36.5 Å². The Morgan fingerprint density at radius 2 is 1.71 bits per heavy atom. The Morgan fingerprint density at radius 3 is 2.29 bits per heavy atom. The summed E-state index contributed by atoms with van der Waals surface area (Å²) in [5, 5.41) is 10.1. The number of aromatic nitrogens is 1. The molecule has 1 aromatic carbocycles. The molecule has 0 atom stereocenters. The summed E-state index contributed by atoms with van der Waals surface area (Å²) in [7, 11) is -1.18. The molecule has 0 spiro atoms. The van der Waals surface area contributed by atoms with Crippen molar-refractivity contribution in [2.75, 3.05) is 6.61 Å². The molecule has 8 heteroatoms. The second-order valence-corrected chi connectivity index (χ2v) is 13.5. The highest BCUT2D eigenvalue weighted by molar-refractivity contribution is 6.76. The van der Waals surface area contributed by atoms with Crippen LogP contribution in [0.1, 0.15) is 32.0 Å². The zero-order valence-electron chi connectivity index (χ0n) is 16.3. The molecule has 1 aromatic heterocycles. The van der Waals surface area contributed by atoms with E-state index in [0.717, 1.165) is 11.1 Å². The number of hydrogen-bond donors (Lipinski definition) is 0. The van der Waals surface area contributed by atoms with E-state index in [1.54, 1.807) is 41.1 Å². The highest BCUT2D eigenvalue weighted by Crippen LogP contribution is 2.24. The van der Waals surface area contributed by atoms with Crippen LogP contribution in [0, 0.1) is 11.3 Å². The minimum Gasteiger partial charge on any atom is -0.361 e. The van der Waals surface area contributed by atoms with Crippen molar-refractivity contribution in [3.63, 3.8) is 0 Å². The van der Waals surface area contributed by atoms with Gasteiger partial charge in [-0.25, -0.2) is 0 Å². The van der Waals surface area contributed by atoms with Crippen LogP contribution in [0.3, 0.4) is 0 Å². The van der Waals surface area contributed by atoms with Crippen LogP contribution in [0.25, 0.3) is 0 Å². The van der Waals surface area contributed by atoms with Gasteiger partial charge in [0.1, 0.15) is 19.4 Å². The molecule has 0 saturated heterocycles. The maximum absolute atomic E-state index is 12.4. The Bertz CT molecular complexity index is 905. The SMILES string of the molecule is C[Si](C)(C)CCOCn1ccc(C#N)c1CON1C(=O)c2ccccc2C1=O. The van der Waals surface area contributed by atoms with Crippen LogP contribution >= 0.6 is 0 Å². The van der Waals surface area contributed by atoms with E-state index in [1.165, 1.54) is 0 Å². The van der Waals surface area contributed by atoms with Gasteiger partial charge in [0.2, 0.25) is 0 Å². The molecule has 0 bridgehead atoms. The molecule has 0 unspecified atom stereocenters. The minimum absolute atomic E-state index is 0.0846. The molecule has 0 radical (unpaired) electrons. The third-order valence-corrected chi connectivity index (χ3v) is 6.22. The summed E-state index contributed by atoms with van der Waals surface area (Å²) >= 11 is 0. The average molecular weight is 398 g/mol. The number of rotatable bonds is 8. The van der Waals surface area contributed by atoms with Crippen molar-refractivity contribution in [1.82, 2.24) is 9.63 Å². The predicted molar refractivity (Wildman–Crippen MR) is 105 cm³/mol. The first kappa shape index (κ1) is 20.0. The Balaban J connectivity index is 1.66. The topological polar surface area (TPSA) is 84.6 Å². The van der Waals surface area contributed by atoms with Gasteiger partial charge in [0.25, 0.3) is 11.8 Å². The van der Waals surface area contributed by atoms with Crippen LogP contribution in [0.4, 0.5) is 0 Å². The lowest BCUT2D eigenvalue weighted by Gasteiger charge is -2.17. The van der Waals surface area contributed by atoms with E-state index >= 15 is 0 Å². The fourth-order valence-electron chi connectivity index (χ4n) is 2.84. The first-order valence-electron chi connectivity index (χ1n) is 9.08. The molecule has 1 aliphatic rings. The number of amides is 2. The molecule has 0 fully saturated rings. The van der Waals surface area contributed by atoms with Crippen molar-refractivity contribution >= 4 is 19.9 Å². The molecule has 2 amide bonds. The van der Waals surface area contributed by atoms with Crippen LogP contribution in [-0.4, -0.2) is 36.1 Å². The summed E-state index contributed by atoms with van der Waals surface area (Å²) in [6.07, 6.45) is 1.74. The monoisotopic (exact) mass is 397 g/mol. The van der Waals surface area contributed by atoms with E-state index < -0.39 is 19.9 Å². The van der Waals surface area contributed by atoms with Gasteiger partial charge in [-0.05, 0) is 24.2 Å². The lowest BCUT2D eigenvalue weighted by molar-refractivity contribution is -0.103. The standard InChI is InChI=1S/C20H23N3O4Si/c1-28(2,3)11-10-26-14-22-9-8-15(12-21)18(22)13-27-23-19(24)16-6-4-5-7-17(16)20(23)25/h4-9H,10-11,13-14H2,1-3H3. The third kappa shape index (κ3) is 4.22. The maximum atomic E-state index is 12.4. The molecule has 1 aliphatic heterocycles. The van der Waals surface area contributed by atoms with Crippen molar-refractivity contribution in [3.05, 3.63) is 58.9 Å². The number of imide groups is 1. The summed E-state index contributed by atoms with van der Waals surface area (Å²) in [5.74, 6) is -0.993. The summed E-state index contributed by atoms with van der Waals surface area (Å²) in [6, 6.07) is 11.4. The van der Waals surface area contributed by atoms with Crippen molar-refractivity contribution in [3.8, 4) is 6.07 Å². The number of carbonyl (C=O) groups is 2. The maximum Gasteiger partial charge on any atom is 0.285 e. The molecule has 7 nitrogen and oxygen atoms in total.